The van der Waals surface area contributed by atoms with Crippen molar-refractivity contribution >= 4 is 11.7 Å². The first-order valence-corrected chi connectivity index (χ1v) is 14.6. The molecule has 0 saturated heterocycles. The van der Waals surface area contributed by atoms with Gasteiger partial charge in [-0.2, -0.15) is 43.9 Å². The minimum Gasteiger partial charge on any atom is -0.235 e. The minimum absolute atomic E-state index is 2.82. The van der Waals surface area contributed by atoms with Crippen LogP contribution in [0.4, 0.5) is 127 Å². The van der Waals surface area contributed by atoms with Gasteiger partial charge in [0, 0.05) is 0 Å². The van der Waals surface area contributed by atoms with E-state index < -0.39 is 185 Å². The summed E-state index contributed by atoms with van der Waals surface area (Å²) in [6.45, 7) is 0. The van der Waals surface area contributed by atoms with Crippen molar-refractivity contribution in [3.8, 4) is 0 Å². The molecule has 0 N–H and O–H groups in total. The molecule has 0 nitrogen and oxygen atoms in total. The highest BCUT2D eigenvalue weighted by atomic mass is 19.3. The Bertz CT molecular complexity index is 2410. The van der Waals surface area contributed by atoms with Crippen LogP contribution in [0.3, 0.4) is 0 Å². The van der Waals surface area contributed by atoms with Crippen molar-refractivity contribution < 1.29 is 127 Å². The number of hydrogen-bond acceptors (Lipinski definition) is 0. The van der Waals surface area contributed by atoms with Crippen molar-refractivity contribution in [3.05, 3.63) is 138 Å². The Morgan fingerprint density at radius 3 is 0.656 bits per heavy atom. The molecule has 4 aromatic carbocycles. The maximum Gasteiger partial charge on any atom is 0.345 e. The predicted molar refractivity (Wildman–Crippen MR) is 137 cm³/mol. The summed E-state index contributed by atoms with van der Waals surface area (Å²) < 4.78 is 408. The summed E-state index contributed by atoms with van der Waals surface area (Å²) in [5.74, 6) is -93.4. The van der Waals surface area contributed by atoms with Crippen molar-refractivity contribution in [1.82, 2.24) is 0 Å². The fraction of sp³-hybridized carbons (Fsp3) is 0.188. The molecule has 8 aliphatic rings. The zero-order valence-electron chi connectivity index (χ0n) is 27.0. The molecule has 1 atom stereocenters. The summed E-state index contributed by atoms with van der Waals surface area (Å²) in [4.78, 5) is 0. The first-order valence-electron chi connectivity index (χ1n) is 14.6. The molecule has 0 spiro atoms. The van der Waals surface area contributed by atoms with E-state index >= 15 is 0 Å². The van der Waals surface area contributed by atoms with Gasteiger partial charge >= 0.3 is 29.6 Å². The lowest BCUT2D eigenvalue weighted by Gasteiger charge is -2.31. The third-order valence-electron chi connectivity index (χ3n) is 8.67. The smallest absolute Gasteiger partial charge is 0.235 e. The maximum atomic E-state index is 14.2. The summed E-state index contributed by atoms with van der Waals surface area (Å²) >= 11 is 0. The molecule has 8 bridgehead atoms. The third kappa shape index (κ3) is 5.85. The zero-order chi connectivity index (χ0) is 47.1. The van der Waals surface area contributed by atoms with Crippen molar-refractivity contribution in [2.75, 3.05) is 0 Å². The van der Waals surface area contributed by atoms with Crippen LogP contribution in [0, 0.1) is 93.1 Å². The Kier molecular flexibility index (Phi) is 10.8. The molecule has 29 heteroatoms. The van der Waals surface area contributed by atoms with Crippen LogP contribution in [0.25, 0.3) is 11.7 Å². The van der Waals surface area contributed by atoms with Crippen LogP contribution in [0.1, 0.15) is 50.7 Å². The minimum atomic E-state index is -6.72. The summed E-state index contributed by atoms with van der Waals surface area (Å²) in [6.07, 6.45) is -4.87. The average Bonchev–Trinajstić information content (AvgIpc) is 3.14. The van der Waals surface area contributed by atoms with Crippen LogP contribution in [0.2, 0.25) is 0 Å². The van der Waals surface area contributed by atoms with Crippen LogP contribution in [-0.2, 0) is 29.6 Å². The molecular weight excluding hydrogens is 935 g/mol. The number of hydrogen-bond donors (Lipinski definition) is 0. The van der Waals surface area contributed by atoms with Crippen LogP contribution < -0.4 is 0 Å². The Balaban J connectivity index is 0.000000231. The van der Waals surface area contributed by atoms with Crippen LogP contribution >= 0.6 is 0 Å². The fourth-order valence-corrected chi connectivity index (χ4v) is 5.70. The SMILES string of the molecule is F/C1=C(\F)c2c(F)c(F)c(c(F)c2F)C(F)(F)C(F)(F)c2c(F)c(F)c1c(F)c2F.Fc1c(F)c2c(F)c(F)c1C(F)C(F)(F)c1c(F)c(F)c(c(F)c1F)C(F)(F)C2(F)F. The van der Waals surface area contributed by atoms with Crippen molar-refractivity contribution in [2.45, 2.75) is 35.8 Å². The highest BCUT2D eigenvalue weighted by Crippen LogP contribution is 2.58. The molecular formula is C32HF29. The molecule has 12 rings (SSSR count). The van der Waals surface area contributed by atoms with Gasteiger partial charge in [0.05, 0.1) is 16.7 Å². The van der Waals surface area contributed by atoms with Gasteiger partial charge in [-0.1, -0.05) is 0 Å². The van der Waals surface area contributed by atoms with E-state index in [1.54, 1.807) is 0 Å². The fourth-order valence-electron chi connectivity index (χ4n) is 5.70. The molecule has 0 amide bonds. The Hall–Kier alpha value is -5.41. The molecule has 0 radical (unpaired) electrons. The largest absolute Gasteiger partial charge is 0.345 e. The van der Waals surface area contributed by atoms with E-state index in [1.165, 1.54) is 0 Å². The zero-order valence-corrected chi connectivity index (χ0v) is 27.0. The first-order chi connectivity index (χ1) is 27.5. The van der Waals surface area contributed by atoms with Gasteiger partial charge < -0.3 is 0 Å². The van der Waals surface area contributed by atoms with E-state index in [-0.39, 0.29) is 0 Å². The van der Waals surface area contributed by atoms with Gasteiger partial charge in [0.15, 0.2) is 111 Å². The van der Waals surface area contributed by atoms with E-state index in [4.69, 9.17) is 0 Å². The number of alkyl halides is 11. The lowest BCUT2D eigenvalue weighted by atomic mass is 9.87. The van der Waals surface area contributed by atoms with E-state index in [1.807, 2.05) is 0 Å². The molecule has 1 unspecified atom stereocenters. The van der Waals surface area contributed by atoms with Gasteiger partial charge in [-0.3, -0.25) is 0 Å². The summed E-state index contributed by atoms with van der Waals surface area (Å²) in [5, 5.41) is 0. The molecule has 0 heterocycles. The van der Waals surface area contributed by atoms with Crippen molar-refractivity contribution in [1.29, 1.82) is 0 Å². The molecule has 8 aliphatic carbocycles. The lowest BCUT2D eigenvalue weighted by molar-refractivity contribution is -0.230. The highest BCUT2D eigenvalue weighted by Gasteiger charge is 2.67. The molecule has 332 valence electrons. The number of rotatable bonds is 0. The van der Waals surface area contributed by atoms with E-state index in [0.717, 1.165) is 0 Å². The topological polar surface area (TPSA) is 0 Å². The van der Waals surface area contributed by atoms with Gasteiger partial charge in [-0.05, 0) is 0 Å². The van der Waals surface area contributed by atoms with E-state index in [0.29, 0.717) is 0 Å². The average molecular weight is 936 g/mol. The first kappa shape index (κ1) is 46.7. The van der Waals surface area contributed by atoms with E-state index in [2.05, 4.69) is 0 Å². The van der Waals surface area contributed by atoms with Gasteiger partial charge in [0.25, 0.3) is 0 Å². The predicted octanol–water partition coefficient (Wildman–Crippen LogP) is 13.6. The number of benzene rings is 4. The molecule has 0 saturated carbocycles. The monoisotopic (exact) mass is 936 g/mol. The van der Waals surface area contributed by atoms with Gasteiger partial charge in [-0.15, -0.1) is 0 Å². The summed E-state index contributed by atoms with van der Waals surface area (Å²) in [5.41, 5.74) is -26.4. The third-order valence-corrected chi connectivity index (χ3v) is 8.67. The van der Waals surface area contributed by atoms with Crippen LogP contribution in [0.15, 0.2) is 0 Å². The van der Waals surface area contributed by atoms with Gasteiger partial charge in [0.1, 0.15) is 27.8 Å². The van der Waals surface area contributed by atoms with Gasteiger partial charge in [0.2, 0.25) is 0 Å². The van der Waals surface area contributed by atoms with Crippen molar-refractivity contribution in [2.24, 2.45) is 0 Å². The summed E-state index contributed by atoms with van der Waals surface area (Å²) in [6, 6.07) is 0. The Morgan fingerprint density at radius 2 is 0.426 bits per heavy atom. The molecule has 61 heavy (non-hydrogen) atoms. The second kappa shape index (κ2) is 14.1. The normalized spacial score (nSPS) is 20.5. The Labute approximate surface area is 313 Å². The second-order valence-corrected chi connectivity index (χ2v) is 12.0. The van der Waals surface area contributed by atoms with Gasteiger partial charge in [-0.25, -0.2) is 83.4 Å². The highest BCUT2D eigenvalue weighted by molar-refractivity contribution is 5.84. The van der Waals surface area contributed by atoms with Crippen LogP contribution in [-0.4, -0.2) is 0 Å². The van der Waals surface area contributed by atoms with E-state index in [9.17, 15) is 127 Å². The number of halogens is 29. The molecule has 4 aromatic rings. The van der Waals surface area contributed by atoms with Crippen molar-refractivity contribution in [3.63, 3.8) is 0 Å². The quantitative estimate of drug-likeness (QED) is 0.122. The standard InChI is InChI=1S/C16HF15.C16F14/c17-5-1-6(18)10(22)3(9(5)21)15(28,29)16(30,31)4-11(23)7(19)2(8(20)12(4)24)14(26,27)13(1)25;17-5-1-7(19)11(23)3(12(24)8(1)20)15(27,28)16(29,30)4-13(25)9(21)2(6(5)18)10(22)14(4)26/h13H;/b;6-5-. The molecule has 0 aliphatic heterocycles. The Morgan fingerprint density at radius 1 is 0.246 bits per heavy atom. The second-order valence-electron chi connectivity index (χ2n) is 12.0. The molecule has 0 fully saturated rings. The molecule has 0 aromatic heterocycles. The van der Waals surface area contributed by atoms with Crippen LogP contribution in [0.5, 0.6) is 0 Å². The summed E-state index contributed by atoms with van der Waals surface area (Å²) in [7, 11) is 0. The maximum absolute atomic E-state index is 14.2. The lowest BCUT2D eigenvalue weighted by Crippen LogP contribution is -2.41.